The molecule has 0 radical (unpaired) electrons. The molecule has 1 aromatic carbocycles. The summed E-state index contributed by atoms with van der Waals surface area (Å²) in [6.45, 7) is 1.40. The zero-order valence-electron chi connectivity index (χ0n) is 14.0. The van der Waals surface area contributed by atoms with E-state index >= 15 is 0 Å². The van der Waals surface area contributed by atoms with Crippen LogP contribution in [-0.4, -0.2) is 36.0 Å². The Balaban J connectivity index is 1.59. The van der Waals surface area contributed by atoms with Crippen molar-refractivity contribution in [2.24, 2.45) is 0 Å². The van der Waals surface area contributed by atoms with Crippen molar-refractivity contribution in [3.8, 4) is 0 Å². The SMILES string of the molecule is CN1CCN(C(=O)c2cc3c(s2)CCC3)c2nc3ccccc3nc21. The number of para-hydroxylation sites is 2. The Morgan fingerprint density at radius 1 is 1.08 bits per heavy atom. The Labute approximate surface area is 149 Å². The van der Waals surface area contributed by atoms with E-state index in [-0.39, 0.29) is 5.91 Å². The summed E-state index contributed by atoms with van der Waals surface area (Å²) in [7, 11) is 2.00. The van der Waals surface area contributed by atoms with Crippen LogP contribution in [0.3, 0.4) is 0 Å². The molecule has 0 saturated heterocycles. The number of carbonyl (C=O) groups is 1. The molecule has 2 aliphatic rings. The molecule has 5 nitrogen and oxygen atoms in total. The molecule has 0 bridgehead atoms. The van der Waals surface area contributed by atoms with Crippen LogP contribution in [0.2, 0.25) is 0 Å². The van der Waals surface area contributed by atoms with E-state index in [1.165, 1.54) is 16.9 Å². The van der Waals surface area contributed by atoms with Gasteiger partial charge in [0.15, 0.2) is 11.6 Å². The first-order valence-corrected chi connectivity index (χ1v) is 9.44. The van der Waals surface area contributed by atoms with Gasteiger partial charge in [0.1, 0.15) is 0 Å². The number of hydrogen-bond acceptors (Lipinski definition) is 5. The standard InChI is InChI=1S/C19H18N4OS/c1-22-9-10-23(19(24)16-11-12-5-4-8-15(12)25-16)18-17(22)20-13-6-2-3-7-14(13)21-18/h2-3,6-7,11H,4-5,8-10H2,1H3. The number of carbonyl (C=O) groups excluding carboxylic acids is 1. The summed E-state index contributed by atoms with van der Waals surface area (Å²) in [6, 6.07) is 9.90. The number of rotatable bonds is 1. The lowest BCUT2D eigenvalue weighted by Gasteiger charge is -2.33. The third kappa shape index (κ3) is 2.32. The van der Waals surface area contributed by atoms with Crippen LogP contribution in [0.5, 0.6) is 0 Å². The van der Waals surface area contributed by atoms with Gasteiger partial charge in [0.2, 0.25) is 0 Å². The quantitative estimate of drug-likeness (QED) is 0.676. The van der Waals surface area contributed by atoms with E-state index in [9.17, 15) is 4.79 Å². The maximum absolute atomic E-state index is 13.2. The number of nitrogens with zero attached hydrogens (tertiary/aromatic N) is 4. The normalized spacial score (nSPS) is 16.2. The number of amides is 1. The second-order valence-electron chi connectivity index (χ2n) is 6.65. The molecule has 1 aliphatic heterocycles. The van der Waals surface area contributed by atoms with E-state index < -0.39 is 0 Å². The lowest BCUT2D eigenvalue weighted by atomic mass is 10.2. The Bertz CT molecular complexity index is 975. The number of aromatic nitrogens is 2. The average molecular weight is 350 g/mol. The summed E-state index contributed by atoms with van der Waals surface area (Å²) < 4.78 is 0. The maximum atomic E-state index is 13.2. The van der Waals surface area contributed by atoms with Gasteiger partial charge in [-0.3, -0.25) is 9.69 Å². The van der Waals surface area contributed by atoms with Crippen LogP contribution in [0.25, 0.3) is 11.0 Å². The first kappa shape index (κ1) is 14.8. The van der Waals surface area contributed by atoms with Gasteiger partial charge >= 0.3 is 0 Å². The van der Waals surface area contributed by atoms with Crippen LogP contribution < -0.4 is 9.80 Å². The highest BCUT2D eigenvalue weighted by Gasteiger charge is 2.31. The first-order chi connectivity index (χ1) is 12.2. The van der Waals surface area contributed by atoms with Crippen LogP contribution in [0.15, 0.2) is 30.3 Å². The minimum atomic E-state index is 0.0540. The van der Waals surface area contributed by atoms with Gasteiger partial charge < -0.3 is 4.90 Å². The molecule has 0 atom stereocenters. The smallest absolute Gasteiger partial charge is 0.269 e. The number of anilines is 2. The topological polar surface area (TPSA) is 49.3 Å². The number of benzene rings is 1. The Morgan fingerprint density at radius 2 is 1.84 bits per heavy atom. The molecule has 25 heavy (non-hydrogen) atoms. The van der Waals surface area contributed by atoms with E-state index in [1.807, 2.05) is 31.3 Å². The van der Waals surface area contributed by atoms with E-state index in [0.717, 1.165) is 41.1 Å². The van der Waals surface area contributed by atoms with Gasteiger partial charge in [-0.25, -0.2) is 9.97 Å². The minimum Gasteiger partial charge on any atom is -0.355 e. The molecule has 0 fully saturated rings. The van der Waals surface area contributed by atoms with Gasteiger partial charge in [0, 0.05) is 25.0 Å². The van der Waals surface area contributed by atoms with Gasteiger partial charge in [-0.2, -0.15) is 0 Å². The van der Waals surface area contributed by atoms with Gasteiger partial charge in [-0.05, 0) is 43.0 Å². The second kappa shape index (κ2) is 5.52. The average Bonchev–Trinajstić information content (AvgIpc) is 3.22. The van der Waals surface area contributed by atoms with Crippen LogP contribution in [0.4, 0.5) is 11.6 Å². The molecule has 1 amide bonds. The van der Waals surface area contributed by atoms with Crippen molar-refractivity contribution in [2.75, 3.05) is 29.9 Å². The Kier molecular flexibility index (Phi) is 3.28. The first-order valence-electron chi connectivity index (χ1n) is 8.62. The third-order valence-electron chi connectivity index (χ3n) is 5.01. The van der Waals surface area contributed by atoms with Gasteiger partial charge in [-0.15, -0.1) is 11.3 Å². The van der Waals surface area contributed by atoms with Gasteiger partial charge in [-0.1, -0.05) is 12.1 Å². The number of likely N-dealkylation sites (N-methyl/N-ethyl adjacent to an activating group) is 1. The molecule has 6 heteroatoms. The van der Waals surface area contributed by atoms with Crippen molar-refractivity contribution < 1.29 is 4.79 Å². The highest BCUT2D eigenvalue weighted by molar-refractivity contribution is 7.14. The molecule has 0 saturated carbocycles. The van der Waals surface area contributed by atoms with Crippen molar-refractivity contribution in [3.05, 3.63) is 45.6 Å². The van der Waals surface area contributed by atoms with E-state index in [2.05, 4.69) is 11.0 Å². The lowest BCUT2D eigenvalue weighted by molar-refractivity contribution is 0.0989. The zero-order chi connectivity index (χ0) is 17.0. The number of fused-ring (bicyclic) bond motifs is 3. The second-order valence-corrected chi connectivity index (χ2v) is 7.79. The maximum Gasteiger partial charge on any atom is 0.269 e. The van der Waals surface area contributed by atoms with Crippen LogP contribution >= 0.6 is 11.3 Å². The molecule has 3 heterocycles. The Hall–Kier alpha value is -2.47. The number of thiophene rings is 1. The largest absolute Gasteiger partial charge is 0.355 e. The Morgan fingerprint density at radius 3 is 2.60 bits per heavy atom. The van der Waals surface area contributed by atoms with Crippen LogP contribution in [0.1, 0.15) is 26.5 Å². The summed E-state index contributed by atoms with van der Waals surface area (Å²) in [5.74, 6) is 1.51. The number of hydrogen-bond donors (Lipinski definition) is 0. The lowest BCUT2D eigenvalue weighted by Crippen LogP contribution is -2.43. The molecule has 1 aliphatic carbocycles. The minimum absolute atomic E-state index is 0.0540. The van der Waals surface area contributed by atoms with Crippen molar-refractivity contribution in [1.82, 2.24) is 9.97 Å². The molecule has 0 N–H and O–H groups in total. The summed E-state index contributed by atoms with van der Waals surface area (Å²) >= 11 is 1.65. The van der Waals surface area contributed by atoms with Crippen LogP contribution in [-0.2, 0) is 12.8 Å². The van der Waals surface area contributed by atoms with Crippen molar-refractivity contribution in [3.63, 3.8) is 0 Å². The molecular formula is C19H18N4OS. The van der Waals surface area contributed by atoms with Crippen molar-refractivity contribution in [1.29, 1.82) is 0 Å². The summed E-state index contributed by atoms with van der Waals surface area (Å²) in [5.41, 5.74) is 3.04. The molecule has 126 valence electrons. The van der Waals surface area contributed by atoms with Crippen molar-refractivity contribution >= 4 is 39.9 Å². The van der Waals surface area contributed by atoms with Gasteiger partial charge in [0.25, 0.3) is 5.91 Å². The predicted molar refractivity (Wildman–Crippen MR) is 101 cm³/mol. The fourth-order valence-electron chi connectivity index (χ4n) is 3.65. The molecule has 0 spiro atoms. The van der Waals surface area contributed by atoms with E-state index in [1.54, 1.807) is 16.2 Å². The summed E-state index contributed by atoms with van der Waals surface area (Å²) in [6.07, 6.45) is 3.42. The fourth-order valence-corrected chi connectivity index (χ4v) is 4.85. The monoisotopic (exact) mass is 350 g/mol. The van der Waals surface area contributed by atoms with Crippen LogP contribution in [0, 0.1) is 0 Å². The zero-order valence-corrected chi connectivity index (χ0v) is 14.8. The fraction of sp³-hybridized carbons (Fsp3) is 0.316. The summed E-state index contributed by atoms with van der Waals surface area (Å²) in [5, 5.41) is 0. The molecule has 0 unspecified atom stereocenters. The number of aryl methyl sites for hydroxylation is 2. The highest BCUT2D eigenvalue weighted by Crippen LogP contribution is 2.35. The molecular weight excluding hydrogens is 332 g/mol. The summed E-state index contributed by atoms with van der Waals surface area (Å²) in [4.78, 5) is 28.8. The van der Waals surface area contributed by atoms with Gasteiger partial charge in [0.05, 0.1) is 15.9 Å². The van der Waals surface area contributed by atoms with E-state index in [0.29, 0.717) is 12.4 Å². The molecule has 5 rings (SSSR count). The third-order valence-corrected chi connectivity index (χ3v) is 6.24. The van der Waals surface area contributed by atoms with Crippen molar-refractivity contribution in [2.45, 2.75) is 19.3 Å². The molecule has 2 aromatic heterocycles. The highest BCUT2D eigenvalue weighted by atomic mass is 32.1. The molecule has 3 aromatic rings. The van der Waals surface area contributed by atoms with E-state index in [4.69, 9.17) is 9.97 Å². The predicted octanol–water partition coefficient (Wildman–Crippen LogP) is 3.28.